The van der Waals surface area contributed by atoms with Crippen LogP contribution in [-0.2, 0) is 0 Å². The van der Waals surface area contributed by atoms with Crippen LogP contribution in [0.5, 0.6) is 0 Å². The molecule has 1 nitrogen and oxygen atoms in total. The standard InChI is InChI=1S/C28H25N/c1-28(2,3)29(20-11-5-4-6-12-20)21-17-18-26-24-15-8-7-13-22(24)23-14-9-10-16-25(23)27(26)19-21/h4-19H,1-3H3. The lowest BCUT2D eigenvalue weighted by Gasteiger charge is -2.38. The molecule has 5 aromatic carbocycles. The molecule has 0 unspecified atom stereocenters. The molecule has 0 amide bonds. The van der Waals surface area contributed by atoms with Gasteiger partial charge in [-0.25, -0.2) is 0 Å². The van der Waals surface area contributed by atoms with Crippen molar-refractivity contribution in [3.63, 3.8) is 0 Å². The summed E-state index contributed by atoms with van der Waals surface area (Å²) < 4.78 is 0. The van der Waals surface area contributed by atoms with Crippen LogP contribution in [0.15, 0.2) is 97.1 Å². The van der Waals surface area contributed by atoms with Crippen LogP contribution in [0.4, 0.5) is 11.4 Å². The Bertz CT molecular complexity index is 1290. The van der Waals surface area contributed by atoms with E-state index < -0.39 is 0 Å². The number of benzene rings is 5. The number of para-hydroxylation sites is 1. The van der Waals surface area contributed by atoms with Crippen molar-refractivity contribution in [2.24, 2.45) is 0 Å². The van der Waals surface area contributed by atoms with Crippen molar-refractivity contribution in [3.05, 3.63) is 97.1 Å². The molecule has 5 rings (SSSR count). The second-order valence-corrected chi connectivity index (χ2v) is 8.66. The van der Waals surface area contributed by atoms with E-state index in [1.54, 1.807) is 0 Å². The lowest BCUT2D eigenvalue weighted by atomic mass is 9.93. The van der Waals surface area contributed by atoms with Gasteiger partial charge in [0, 0.05) is 16.9 Å². The molecule has 0 fully saturated rings. The van der Waals surface area contributed by atoms with E-state index in [1.807, 2.05) is 0 Å². The third-order valence-electron chi connectivity index (χ3n) is 5.67. The highest BCUT2D eigenvalue weighted by Crippen LogP contribution is 2.39. The van der Waals surface area contributed by atoms with Gasteiger partial charge in [-0.1, -0.05) is 72.8 Å². The lowest BCUT2D eigenvalue weighted by molar-refractivity contribution is 0.560. The monoisotopic (exact) mass is 375 g/mol. The Kier molecular flexibility index (Phi) is 4.06. The van der Waals surface area contributed by atoms with Gasteiger partial charge in [-0.05, 0) is 77.4 Å². The summed E-state index contributed by atoms with van der Waals surface area (Å²) >= 11 is 0. The zero-order valence-electron chi connectivity index (χ0n) is 17.2. The van der Waals surface area contributed by atoms with Gasteiger partial charge >= 0.3 is 0 Å². The highest BCUT2D eigenvalue weighted by molar-refractivity contribution is 6.25. The molecule has 0 bridgehead atoms. The zero-order chi connectivity index (χ0) is 20.0. The molecule has 0 atom stereocenters. The quantitative estimate of drug-likeness (QED) is 0.282. The summed E-state index contributed by atoms with van der Waals surface area (Å²) in [5.74, 6) is 0. The Morgan fingerprint density at radius 3 is 1.41 bits per heavy atom. The first-order valence-electron chi connectivity index (χ1n) is 10.2. The van der Waals surface area contributed by atoms with E-state index in [0.717, 1.165) is 0 Å². The van der Waals surface area contributed by atoms with Crippen LogP contribution < -0.4 is 4.90 Å². The summed E-state index contributed by atoms with van der Waals surface area (Å²) in [6.07, 6.45) is 0. The molecule has 0 saturated carbocycles. The van der Waals surface area contributed by atoms with Crippen LogP contribution in [0.3, 0.4) is 0 Å². The van der Waals surface area contributed by atoms with E-state index in [9.17, 15) is 0 Å². The summed E-state index contributed by atoms with van der Waals surface area (Å²) in [6.45, 7) is 6.80. The van der Waals surface area contributed by atoms with E-state index in [4.69, 9.17) is 0 Å². The smallest absolute Gasteiger partial charge is 0.0422 e. The van der Waals surface area contributed by atoms with Crippen LogP contribution in [0.25, 0.3) is 32.3 Å². The van der Waals surface area contributed by atoms with Crippen molar-refractivity contribution in [3.8, 4) is 0 Å². The average Bonchev–Trinajstić information content (AvgIpc) is 2.74. The second-order valence-electron chi connectivity index (χ2n) is 8.66. The van der Waals surface area contributed by atoms with Crippen LogP contribution in [0.1, 0.15) is 20.8 Å². The molecular weight excluding hydrogens is 350 g/mol. The maximum absolute atomic E-state index is 2.43. The first-order valence-corrected chi connectivity index (χ1v) is 10.2. The summed E-state index contributed by atoms with van der Waals surface area (Å²) in [7, 11) is 0. The first-order chi connectivity index (χ1) is 14.0. The molecular formula is C28H25N. The molecule has 0 heterocycles. The van der Waals surface area contributed by atoms with E-state index in [0.29, 0.717) is 0 Å². The molecule has 0 N–H and O–H groups in total. The third-order valence-corrected chi connectivity index (χ3v) is 5.67. The van der Waals surface area contributed by atoms with Gasteiger partial charge in [0.2, 0.25) is 0 Å². The highest BCUT2D eigenvalue weighted by Gasteiger charge is 2.24. The van der Waals surface area contributed by atoms with Crippen LogP contribution in [0, 0.1) is 0 Å². The van der Waals surface area contributed by atoms with Crippen LogP contribution in [0.2, 0.25) is 0 Å². The average molecular weight is 376 g/mol. The largest absolute Gasteiger partial charge is 0.336 e. The molecule has 0 aliphatic carbocycles. The minimum absolute atomic E-state index is 0.0400. The Morgan fingerprint density at radius 1 is 0.448 bits per heavy atom. The number of fused-ring (bicyclic) bond motifs is 6. The Labute approximate surface area is 172 Å². The lowest BCUT2D eigenvalue weighted by Crippen LogP contribution is -2.37. The fraction of sp³-hybridized carbons (Fsp3) is 0.143. The number of rotatable bonds is 2. The Morgan fingerprint density at radius 2 is 0.897 bits per heavy atom. The number of anilines is 2. The minimum Gasteiger partial charge on any atom is -0.336 e. The molecule has 0 saturated heterocycles. The van der Waals surface area contributed by atoms with Gasteiger partial charge in [0.05, 0.1) is 0 Å². The summed E-state index contributed by atoms with van der Waals surface area (Å²) in [5.41, 5.74) is 2.39. The number of hydrogen-bond donors (Lipinski definition) is 0. The first kappa shape index (κ1) is 17.8. The van der Waals surface area contributed by atoms with Gasteiger partial charge in [0.15, 0.2) is 0 Å². The fourth-order valence-electron chi connectivity index (χ4n) is 4.54. The van der Waals surface area contributed by atoms with E-state index in [-0.39, 0.29) is 5.54 Å². The van der Waals surface area contributed by atoms with Crippen molar-refractivity contribution in [1.29, 1.82) is 0 Å². The molecule has 1 heteroatoms. The van der Waals surface area contributed by atoms with Crippen molar-refractivity contribution in [1.82, 2.24) is 0 Å². The van der Waals surface area contributed by atoms with Crippen molar-refractivity contribution in [2.45, 2.75) is 26.3 Å². The van der Waals surface area contributed by atoms with E-state index >= 15 is 0 Å². The van der Waals surface area contributed by atoms with Crippen LogP contribution >= 0.6 is 0 Å². The fourth-order valence-corrected chi connectivity index (χ4v) is 4.54. The summed E-state index contributed by atoms with van der Waals surface area (Å²) in [5, 5.41) is 7.88. The van der Waals surface area contributed by atoms with Crippen molar-refractivity contribution >= 4 is 43.7 Å². The zero-order valence-corrected chi connectivity index (χ0v) is 17.2. The predicted molar refractivity (Wildman–Crippen MR) is 127 cm³/mol. The second kappa shape index (κ2) is 6.63. The molecule has 0 aromatic heterocycles. The Hall–Kier alpha value is -3.32. The minimum atomic E-state index is -0.0400. The molecule has 0 spiro atoms. The van der Waals surface area contributed by atoms with E-state index in [1.165, 1.54) is 43.7 Å². The highest BCUT2D eigenvalue weighted by atomic mass is 15.2. The SMILES string of the molecule is CC(C)(C)N(c1ccccc1)c1ccc2c3ccccc3c3ccccc3c2c1. The molecule has 0 aliphatic heterocycles. The maximum Gasteiger partial charge on any atom is 0.0422 e. The van der Waals surface area contributed by atoms with Crippen molar-refractivity contribution < 1.29 is 0 Å². The predicted octanol–water partition coefficient (Wildman–Crippen LogP) is 8.08. The molecule has 0 radical (unpaired) electrons. The van der Waals surface area contributed by atoms with Gasteiger partial charge in [0.1, 0.15) is 0 Å². The number of hydrogen-bond acceptors (Lipinski definition) is 1. The summed E-state index contributed by atoms with van der Waals surface area (Å²) in [6, 6.07) is 35.1. The van der Waals surface area contributed by atoms with Gasteiger partial charge < -0.3 is 4.90 Å². The maximum atomic E-state index is 2.43. The van der Waals surface area contributed by atoms with Gasteiger partial charge in [-0.3, -0.25) is 0 Å². The molecule has 0 aliphatic rings. The normalized spacial score (nSPS) is 12.0. The number of nitrogens with zero attached hydrogens (tertiary/aromatic N) is 1. The van der Waals surface area contributed by atoms with Crippen LogP contribution in [-0.4, -0.2) is 5.54 Å². The van der Waals surface area contributed by atoms with Gasteiger partial charge in [0.25, 0.3) is 0 Å². The Balaban J connectivity index is 1.85. The van der Waals surface area contributed by atoms with Crippen molar-refractivity contribution in [2.75, 3.05) is 4.90 Å². The molecule has 5 aromatic rings. The van der Waals surface area contributed by atoms with Gasteiger partial charge in [-0.15, -0.1) is 0 Å². The summed E-state index contributed by atoms with van der Waals surface area (Å²) in [4.78, 5) is 2.43. The van der Waals surface area contributed by atoms with E-state index in [2.05, 4.69) is 123 Å². The molecule has 29 heavy (non-hydrogen) atoms. The molecule has 142 valence electrons. The third kappa shape index (κ3) is 2.94. The van der Waals surface area contributed by atoms with Gasteiger partial charge in [-0.2, -0.15) is 0 Å². The topological polar surface area (TPSA) is 3.24 Å².